The summed E-state index contributed by atoms with van der Waals surface area (Å²) in [5.74, 6) is 2.32. The number of piperazine rings is 1. The van der Waals surface area contributed by atoms with Gasteiger partial charge in [-0.15, -0.1) is 0 Å². The summed E-state index contributed by atoms with van der Waals surface area (Å²) in [6.07, 6.45) is 0. The van der Waals surface area contributed by atoms with Crippen molar-refractivity contribution in [3.63, 3.8) is 0 Å². The van der Waals surface area contributed by atoms with E-state index in [9.17, 15) is 4.21 Å². The van der Waals surface area contributed by atoms with Gasteiger partial charge >= 0.3 is 0 Å². The second kappa shape index (κ2) is 10.9. The quantitative estimate of drug-likeness (QED) is 0.558. The SMILES string of the molecule is CCNC(=NCCS(=O)c1ccccc1)N1CCN(c2cccc(OC)c2)CC1. The smallest absolute Gasteiger partial charge is 0.194 e. The van der Waals surface area contributed by atoms with Crippen LogP contribution < -0.4 is 15.0 Å². The van der Waals surface area contributed by atoms with E-state index in [0.717, 1.165) is 49.3 Å². The first-order valence-corrected chi connectivity index (χ1v) is 11.4. The van der Waals surface area contributed by atoms with E-state index in [4.69, 9.17) is 9.73 Å². The standard InChI is InChI=1S/C22H30N4O2S/c1-3-23-22(24-12-17-29(27)21-10-5-4-6-11-21)26-15-13-25(14-16-26)19-8-7-9-20(18-19)28-2/h4-11,18H,3,12-17H2,1-2H3,(H,23,24). The first-order valence-electron chi connectivity index (χ1n) is 10.1. The first kappa shape index (κ1) is 21.2. The second-order valence-electron chi connectivity index (χ2n) is 6.77. The molecule has 2 aromatic carbocycles. The molecule has 1 N–H and O–H groups in total. The van der Waals surface area contributed by atoms with E-state index in [1.54, 1.807) is 7.11 Å². The summed E-state index contributed by atoms with van der Waals surface area (Å²) >= 11 is 0. The molecule has 1 atom stereocenters. The summed E-state index contributed by atoms with van der Waals surface area (Å²) in [7, 11) is 0.679. The molecule has 0 bridgehead atoms. The van der Waals surface area contributed by atoms with Crippen LogP contribution >= 0.6 is 0 Å². The zero-order valence-corrected chi connectivity index (χ0v) is 18.0. The number of hydrogen-bond donors (Lipinski definition) is 1. The minimum Gasteiger partial charge on any atom is -0.497 e. The third kappa shape index (κ3) is 5.97. The molecule has 1 saturated heterocycles. The summed E-state index contributed by atoms with van der Waals surface area (Å²) in [6.45, 7) is 7.07. The molecule has 1 aliphatic rings. The molecule has 0 aliphatic carbocycles. The lowest BCUT2D eigenvalue weighted by molar-refractivity contribution is 0.372. The molecule has 2 aromatic rings. The van der Waals surface area contributed by atoms with Crippen molar-refractivity contribution in [2.75, 3.05) is 57.0 Å². The number of methoxy groups -OCH3 is 1. The molecule has 0 amide bonds. The van der Waals surface area contributed by atoms with Gasteiger partial charge in [-0.2, -0.15) is 0 Å². The summed E-state index contributed by atoms with van der Waals surface area (Å²) in [5.41, 5.74) is 1.18. The number of ether oxygens (including phenoxy) is 1. The van der Waals surface area contributed by atoms with E-state index in [-0.39, 0.29) is 0 Å². The largest absolute Gasteiger partial charge is 0.497 e. The van der Waals surface area contributed by atoms with Gasteiger partial charge in [-0.25, -0.2) is 0 Å². The van der Waals surface area contributed by atoms with Gasteiger partial charge in [0.1, 0.15) is 5.75 Å². The number of guanidine groups is 1. The van der Waals surface area contributed by atoms with Crippen molar-refractivity contribution in [3.05, 3.63) is 54.6 Å². The van der Waals surface area contributed by atoms with Crippen molar-refractivity contribution in [2.24, 2.45) is 4.99 Å². The van der Waals surface area contributed by atoms with Gasteiger partial charge in [-0.3, -0.25) is 9.20 Å². The monoisotopic (exact) mass is 414 g/mol. The Hall–Kier alpha value is -2.54. The van der Waals surface area contributed by atoms with E-state index in [1.807, 2.05) is 42.5 Å². The lowest BCUT2D eigenvalue weighted by atomic mass is 10.2. The Morgan fingerprint density at radius 2 is 1.86 bits per heavy atom. The van der Waals surface area contributed by atoms with Crippen LogP contribution in [-0.4, -0.2) is 67.2 Å². The van der Waals surface area contributed by atoms with Gasteiger partial charge in [-0.1, -0.05) is 24.3 Å². The molecule has 3 rings (SSSR count). The third-order valence-corrected chi connectivity index (χ3v) is 6.23. The van der Waals surface area contributed by atoms with Gasteiger partial charge in [0, 0.05) is 55.1 Å². The Morgan fingerprint density at radius 1 is 1.10 bits per heavy atom. The fourth-order valence-electron chi connectivity index (χ4n) is 3.33. The highest BCUT2D eigenvalue weighted by Gasteiger charge is 2.20. The molecule has 1 heterocycles. The number of rotatable bonds is 7. The highest BCUT2D eigenvalue weighted by atomic mass is 32.2. The topological polar surface area (TPSA) is 57.2 Å². The first-order chi connectivity index (χ1) is 14.2. The van der Waals surface area contributed by atoms with E-state index in [1.165, 1.54) is 5.69 Å². The van der Waals surface area contributed by atoms with Crippen LogP contribution in [0.3, 0.4) is 0 Å². The highest BCUT2D eigenvalue weighted by Crippen LogP contribution is 2.22. The van der Waals surface area contributed by atoms with Crippen LogP contribution in [0.15, 0.2) is 64.5 Å². The number of benzene rings is 2. The normalized spacial score (nSPS) is 15.9. The van der Waals surface area contributed by atoms with Crippen LogP contribution in [0.1, 0.15) is 6.92 Å². The Labute approximate surface area is 176 Å². The van der Waals surface area contributed by atoms with E-state index >= 15 is 0 Å². The average Bonchev–Trinajstić information content (AvgIpc) is 2.79. The molecular formula is C22H30N4O2S. The molecule has 0 saturated carbocycles. The second-order valence-corrected chi connectivity index (χ2v) is 8.34. The Balaban J connectivity index is 1.55. The minimum absolute atomic E-state index is 0.530. The lowest BCUT2D eigenvalue weighted by Gasteiger charge is -2.37. The van der Waals surface area contributed by atoms with E-state index in [2.05, 4.69) is 34.2 Å². The molecule has 0 aromatic heterocycles. The van der Waals surface area contributed by atoms with Gasteiger partial charge in [0.15, 0.2) is 5.96 Å². The van der Waals surface area contributed by atoms with Crippen molar-refractivity contribution in [1.29, 1.82) is 0 Å². The Morgan fingerprint density at radius 3 is 2.55 bits per heavy atom. The molecule has 1 fully saturated rings. The van der Waals surface area contributed by atoms with Gasteiger partial charge in [0.2, 0.25) is 0 Å². The predicted molar refractivity (Wildman–Crippen MR) is 120 cm³/mol. The zero-order valence-electron chi connectivity index (χ0n) is 17.2. The van der Waals surface area contributed by atoms with Crippen LogP contribution in [0, 0.1) is 0 Å². The maximum Gasteiger partial charge on any atom is 0.194 e. The van der Waals surface area contributed by atoms with Gasteiger partial charge in [0.05, 0.1) is 24.5 Å². The minimum atomic E-state index is -1.02. The van der Waals surface area contributed by atoms with E-state index in [0.29, 0.717) is 12.3 Å². The molecule has 1 aliphatic heterocycles. The number of aliphatic imine (C=N–C) groups is 1. The fourth-order valence-corrected chi connectivity index (χ4v) is 4.29. The van der Waals surface area contributed by atoms with Crippen molar-refractivity contribution < 1.29 is 8.95 Å². The maximum atomic E-state index is 12.4. The molecule has 0 radical (unpaired) electrons. The molecule has 29 heavy (non-hydrogen) atoms. The van der Waals surface area contributed by atoms with E-state index < -0.39 is 10.8 Å². The Bertz CT molecular complexity index is 821. The van der Waals surface area contributed by atoms with Crippen LogP contribution in [0.4, 0.5) is 5.69 Å². The number of nitrogens with one attached hydrogen (secondary N) is 1. The fraction of sp³-hybridized carbons (Fsp3) is 0.409. The summed E-state index contributed by atoms with van der Waals surface area (Å²) in [4.78, 5) is 10.2. The Kier molecular flexibility index (Phi) is 7.93. The van der Waals surface area contributed by atoms with Gasteiger partial charge < -0.3 is 19.9 Å². The molecule has 0 spiro atoms. The van der Waals surface area contributed by atoms with Crippen molar-refractivity contribution >= 4 is 22.4 Å². The van der Waals surface area contributed by atoms with Gasteiger partial charge in [-0.05, 0) is 31.2 Å². The summed E-state index contributed by atoms with van der Waals surface area (Å²) in [5, 5.41) is 3.38. The van der Waals surface area contributed by atoms with Gasteiger partial charge in [0.25, 0.3) is 0 Å². The van der Waals surface area contributed by atoms with Crippen molar-refractivity contribution in [1.82, 2.24) is 10.2 Å². The molecule has 6 nitrogen and oxygen atoms in total. The zero-order chi connectivity index (χ0) is 20.5. The van der Waals surface area contributed by atoms with Crippen LogP contribution in [0.5, 0.6) is 5.75 Å². The number of nitrogens with zero attached hydrogens (tertiary/aromatic N) is 3. The molecule has 7 heteroatoms. The van der Waals surface area contributed by atoms with Crippen LogP contribution in [0.25, 0.3) is 0 Å². The third-order valence-electron chi connectivity index (χ3n) is 4.88. The highest BCUT2D eigenvalue weighted by molar-refractivity contribution is 7.85. The van der Waals surface area contributed by atoms with Crippen LogP contribution in [-0.2, 0) is 10.8 Å². The molecule has 1 unspecified atom stereocenters. The number of hydrogen-bond acceptors (Lipinski definition) is 4. The molecular weight excluding hydrogens is 384 g/mol. The number of anilines is 1. The van der Waals surface area contributed by atoms with Crippen LogP contribution in [0.2, 0.25) is 0 Å². The summed E-state index contributed by atoms with van der Waals surface area (Å²) in [6, 6.07) is 17.8. The van der Waals surface area contributed by atoms with Crippen molar-refractivity contribution in [3.8, 4) is 5.75 Å². The predicted octanol–water partition coefficient (Wildman–Crippen LogP) is 2.59. The maximum absolute atomic E-state index is 12.4. The lowest BCUT2D eigenvalue weighted by Crippen LogP contribution is -2.52. The summed E-state index contributed by atoms with van der Waals surface area (Å²) < 4.78 is 17.7. The molecule has 156 valence electrons. The average molecular weight is 415 g/mol. The van der Waals surface area contributed by atoms with Crippen molar-refractivity contribution in [2.45, 2.75) is 11.8 Å².